The SMILES string of the molecule is C[C@@H](O)[C@H](NC(=O)c1ccc(-c2ccc(OCCCS(C)(=O)=O)cc2)cc1)C(O)NO. The van der Waals surface area contributed by atoms with Gasteiger partial charge in [0.2, 0.25) is 0 Å². The van der Waals surface area contributed by atoms with Crippen molar-refractivity contribution in [3.05, 3.63) is 54.1 Å². The van der Waals surface area contributed by atoms with E-state index in [0.29, 0.717) is 24.3 Å². The van der Waals surface area contributed by atoms with Gasteiger partial charge in [-0.15, -0.1) is 0 Å². The van der Waals surface area contributed by atoms with Crippen LogP contribution in [0.25, 0.3) is 11.1 Å². The maximum atomic E-state index is 12.4. The highest BCUT2D eigenvalue weighted by atomic mass is 32.2. The molecule has 9 nitrogen and oxygen atoms in total. The first-order chi connectivity index (χ1) is 14.6. The van der Waals surface area contributed by atoms with Crippen molar-refractivity contribution < 1.29 is 33.4 Å². The Labute approximate surface area is 181 Å². The van der Waals surface area contributed by atoms with Crippen molar-refractivity contribution in [2.45, 2.75) is 31.7 Å². The number of carbonyl (C=O) groups is 1. The number of hydrogen-bond acceptors (Lipinski definition) is 8. The second-order valence-electron chi connectivity index (χ2n) is 7.25. The van der Waals surface area contributed by atoms with Crippen LogP contribution >= 0.6 is 0 Å². The highest BCUT2D eigenvalue weighted by Gasteiger charge is 2.25. The normalized spacial score (nSPS) is 14.5. The molecular formula is C21H28N2O7S. The molecule has 10 heteroatoms. The fourth-order valence-corrected chi connectivity index (χ4v) is 3.49. The van der Waals surface area contributed by atoms with Crippen LogP contribution in [-0.4, -0.2) is 66.7 Å². The summed E-state index contributed by atoms with van der Waals surface area (Å²) in [6, 6.07) is 12.9. The lowest BCUT2D eigenvalue weighted by Gasteiger charge is -2.25. The van der Waals surface area contributed by atoms with Crippen LogP contribution in [0.1, 0.15) is 23.7 Å². The highest BCUT2D eigenvalue weighted by molar-refractivity contribution is 7.90. The maximum Gasteiger partial charge on any atom is 0.251 e. The zero-order chi connectivity index (χ0) is 23.0. The van der Waals surface area contributed by atoms with E-state index in [2.05, 4.69) is 5.32 Å². The number of carbonyl (C=O) groups excluding carboxylic acids is 1. The number of ether oxygens (including phenoxy) is 1. The smallest absolute Gasteiger partial charge is 0.251 e. The van der Waals surface area contributed by atoms with Gasteiger partial charge in [0.05, 0.1) is 24.5 Å². The maximum absolute atomic E-state index is 12.4. The second kappa shape index (κ2) is 11.2. The molecule has 31 heavy (non-hydrogen) atoms. The fourth-order valence-electron chi connectivity index (χ4n) is 2.85. The third-order valence-corrected chi connectivity index (χ3v) is 5.58. The van der Waals surface area contributed by atoms with E-state index in [9.17, 15) is 23.4 Å². The van der Waals surface area contributed by atoms with Crippen LogP contribution in [0, 0.1) is 0 Å². The summed E-state index contributed by atoms with van der Waals surface area (Å²) in [6.07, 6.45) is -0.996. The van der Waals surface area contributed by atoms with E-state index in [-0.39, 0.29) is 5.75 Å². The summed E-state index contributed by atoms with van der Waals surface area (Å²) in [5.41, 5.74) is 3.69. The molecule has 2 aromatic rings. The molecule has 0 aliphatic rings. The van der Waals surface area contributed by atoms with E-state index in [1.165, 1.54) is 13.2 Å². The predicted molar refractivity (Wildman–Crippen MR) is 116 cm³/mol. The average Bonchev–Trinajstić information content (AvgIpc) is 2.74. The lowest BCUT2D eigenvalue weighted by Crippen LogP contribution is -2.54. The van der Waals surface area contributed by atoms with Gasteiger partial charge in [-0.25, -0.2) is 8.42 Å². The Kier molecular flexibility index (Phi) is 8.96. The van der Waals surface area contributed by atoms with E-state index in [1.54, 1.807) is 41.9 Å². The number of nitrogens with one attached hydrogen (secondary N) is 2. The Morgan fingerprint density at radius 1 is 1.03 bits per heavy atom. The topological polar surface area (TPSA) is 145 Å². The van der Waals surface area contributed by atoms with Crippen LogP contribution in [0.15, 0.2) is 48.5 Å². The first-order valence-corrected chi connectivity index (χ1v) is 11.7. The van der Waals surface area contributed by atoms with Gasteiger partial charge in [-0.3, -0.25) is 4.79 Å². The van der Waals surface area contributed by atoms with Crippen molar-refractivity contribution in [1.29, 1.82) is 0 Å². The van der Waals surface area contributed by atoms with Crippen molar-refractivity contribution in [3.63, 3.8) is 0 Å². The fraction of sp³-hybridized carbons (Fsp3) is 0.381. The minimum atomic E-state index is -3.00. The van der Waals surface area contributed by atoms with Crippen LogP contribution < -0.4 is 15.5 Å². The lowest BCUT2D eigenvalue weighted by atomic mass is 10.0. The number of hydrogen-bond donors (Lipinski definition) is 5. The summed E-state index contributed by atoms with van der Waals surface area (Å²) in [5.74, 6) is 0.205. The van der Waals surface area contributed by atoms with Crippen LogP contribution in [0.3, 0.4) is 0 Å². The zero-order valence-electron chi connectivity index (χ0n) is 17.4. The van der Waals surface area contributed by atoms with Crippen LogP contribution in [0.4, 0.5) is 0 Å². The highest BCUT2D eigenvalue weighted by Crippen LogP contribution is 2.23. The van der Waals surface area contributed by atoms with Crippen molar-refractivity contribution in [2.24, 2.45) is 0 Å². The summed E-state index contributed by atoms with van der Waals surface area (Å²) >= 11 is 0. The molecule has 5 N–H and O–H groups in total. The van der Waals surface area contributed by atoms with Crippen molar-refractivity contribution >= 4 is 15.7 Å². The Hall–Kier alpha value is -2.50. The number of hydroxylamine groups is 1. The minimum Gasteiger partial charge on any atom is -0.494 e. The third kappa shape index (κ3) is 7.93. The van der Waals surface area contributed by atoms with E-state index in [4.69, 9.17) is 9.94 Å². The van der Waals surface area contributed by atoms with E-state index in [1.807, 2.05) is 12.1 Å². The molecule has 0 saturated heterocycles. The molecule has 0 saturated carbocycles. The number of amides is 1. The first kappa shape index (κ1) is 24.8. The van der Waals surface area contributed by atoms with Crippen molar-refractivity contribution in [3.8, 4) is 16.9 Å². The van der Waals surface area contributed by atoms with Crippen molar-refractivity contribution in [1.82, 2.24) is 10.8 Å². The Morgan fingerprint density at radius 2 is 1.58 bits per heavy atom. The molecule has 2 aromatic carbocycles. The largest absolute Gasteiger partial charge is 0.494 e. The van der Waals surface area contributed by atoms with Crippen LogP contribution in [0.2, 0.25) is 0 Å². The van der Waals surface area contributed by atoms with Gasteiger partial charge in [0.1, 0.15) is 21.8 Å². The van der Waals surface area contributed by atoms with Crippen molar-refractivity contribution in [2.75, 3.05) is 18.6 Å². The third-order valence-electron chi connectivity index (χ3n) is 4.55. The van der Waals surface area contributed by atoms with Crippen LogP contribution in [-0.2, 0) is 9.84 Å². The Morgan fingerprint density at radius 3 is 2.06 bits per heavy atom. The summed E-state index contributed by atoms with van der Waals surface area (Å²) in [5, 5.41) is 30.6. The quantitative estimate of drug-likeness (QED) is 0.192. The molecule has 0 radical (unpaired) electrons. The summed E-state index contributed by atoms with van der Waals surface area (Å²) in [7, 11) is -3.00. The summed E-state index contributed by atoms with van der Waals surface area (Å²) < 4.78 is 27.8. The van der Waals surface area contributed by atoms with Gasteiger partial charge in [-0.1, -0.05) is 24.3 Å². The van der Waals surface area contributed by atoms with E-state index >= 15 is 0 Å². The number of rotatable bonds is 11. The minimum absolute atomic E-state index is 0.0818. The van der Waals surface area contributed by atoms with E-state index < -0.39 is 34.1 Å². The van der Waals surface area contributed by atoms with Gasteiger partial charge in [-0.2, -0.15) is 5.48 Å². The zero-order valence-corrected chi connectivity index (χ0v) is 18.2. The molecule has 0 aliphatic heterocycles. The van der Waals surface area contributed by atoms with Gasteiger partial charge < -0.3 is 25.5 Å². The Bertz CT molecular complexity index is 945. The molecule has 1 amide bonds. The van der Waals surface area contributed by atoms with Gasteiger partial charge in [0.25, 0.3) is 5.91 Å². The molecule has 2 rings (SSSR count). The molecule has 0 aromatic heterocycles. The first-order valence-electron chi connectivity index (χ1n) is 9.68. The number of benzene rings is 2. The summed E-state index contributed by atoms with van der Waals surface area (Å²) in [6.45, 7) is 1.69. The molecule has 0 aliphatic carbocycles. The van der Waals surface area contributed by atoms with Gasteiger partial charge in [0, 0.05) is 11.8 Å². The van der Waals surface area contributed by atoms with E-state index in [0.717, 1.165) is 11.1 Å². The van der Waals surface area contributed by atoms with Gasteiger partial charge in [0.15, 0.2) is 0 Å². The number of sulfone groups is 1. The molecular weight excluding hydrogens is 424 g/mol. The summed E-state index contributed by atoms with van der Waals surface area (Å²) in [4.78, 5) is 12.4. The lowest BCUT2D eigenvalue weighted by molar-refractivity contribution is -0.0463. The molecule has 0 heterocycles. The van der Waals surface area contributed by atoms with Crippen LogP contribution in [0.5, 0.6) is 5.75 Å². The number of aliphatic hydroxyl groups is 2. The molecule has 170 valence electrons. The second-order valence-corrected chi connectivity index (χ2v) is 9.51. The molecule has 0 spiro atoms. The van der Waals surface area contributed by atoms with Gasteiger partial charge in [-0.05, 0) is 48.7 Å². The molecule has 3 atom stereocenters. The van der Waals surface area contributed by atoms with Gasteiger partial charge >= 0.3 is 0 Å². The predicted octanol–water partition coefficient (Wildman–Crippen LogP) is 0.943. The number of aliphatic hydroxyl groups excluding tert-OH is 2. The molecule has 1 unspecified atom stereocenters. The average molecular weight is 453 g/mol. The molecule has 0 bridgehead atoms. The standard InChI is InChI=1S/C21H28N2O7S/c1-14(24)19(21(26)23-27)22-20(25)17-6-4-15(5-7-17)16-8-10-18(11-9-16)30-12-3-13-31(2,28)29/h4-11,14,19,21,23-24,26-27H,3,12-13H2,1-2H3,(H,22,25)/t14-,19+,21?/m1/s1. The molecule has 0 fully saturated rings. The monoisotopic (exact) mass is 452 g/mol. The Balaban J connectivity index is 1.97.